The molecule has 7 nitrogen and oxygen atoms in total. The lowest BCUT2D eigenvalue weighted by molar-refractivity contribution is -0.128. The Morgan fingerprint density at radius 3 is 2.48 bits per heavy atom. The largest absolute Gasteiger partial charge is 0.497 e. The van der Waals surface area contributed by atoms with Crippen LogP contribution in [0.3, 0.4) is 0 Å². The third-order valence-corrected chi connectivity index (χ3v) is 6.68. The summed E-state index contributed by atoms with van der Waals surface area (Å²) in [6.45, 7) is 4.97. The van der Waals surface area contributed by atoms with Gasteiger partial charge in [0, 0.05) is 36.9 Å². The molecule has 162 valence electrons. The molecule has 9 heteroatoms. The fourth-order valence-corrected chi connectivity index (χ4v) is 4.46. The minimum Gasteiger partial charge on any atom is -0.497 e. The molecular weight excluding hydrogens is 434 g/mol. The molecule has 0 N–H and O–H groups in total. The molecule has 2 aromatic carbocycles. The number of rotatable bonds is 6. The maximum atomic E-state index is 12.8. The lowest BCUT2D eigenvalue weighted by Gasteiger charge is -2.36. The summed E-state index contributed by atoms with van der Waals surface area (Å²) in [6, 6.07) is 13.8. The number of nitrogens with zero attached hydrogens (tertiary/aromatic N) is 5. The van der Waals surface area contributed by atoms with Gasteiger partial charge in [-0.3, -0.25) is 9.36 Å². The second kappa shape index (κ2) is 9.62. The van der Waals surface area contributed by atoms with Crippen molar-refractivity contribution in [2.75, 3.05) is 43.9 Å². The van der Waals surface area contributed by atoms with Gasteiger partial charge < -0.3 is 14.5 Å². The quantitative estimate of drug-likeness (QED) is 0.526. The first kappa shape index (κ1) is 21.5. The Balaban J connectivity index is 1.32. The van der Waals surface area contributed by atoms with E-state index in [1.165, 1.54) is 11.8 Å². The number of hydrogen-bond acceptors (Lipinski definition) is 6. The molecule has 1 aliphatic rings. The zero-order valence-corrected chi connectivity index (χ0v) is 19.1. The van der Waals surface area contributed by atoms with Gasteiger partial charge in [0.05, 0.1) is 18.6 Å². The van der Waals surface area contributed by atoms with Crippen LogP contribution in [0.25, 0.3) is 5.69 Å². The Morgan fingerprint density at radius 2 is 1.81 bits per heavy atom. The second-order valence-corrected chi connectivity index (χ2v) is 8.62. The van der Waals surface area contributed by atoms with E-state index in [0.717, 1.165) is 35.8 Å². The number of aromatic nitrogens is 3. The smallest absolute Gasteiger partial charge is 0.233 e. The average molecular weight is 458 g/mol. The van der Waals surface area contributed by atoms with Crippen LogP contribution in [0.15, 0.2) is 53.9 Å². The van der Waals surface area contributed by atoms with E-state index in [1.807, 2.05) is 46.7 Å². The van der Waals surface area contributed by atoms with Crippen LogP contribution < -0.4 is 9.64 Å². The van der Waals surface area contributed by atoms with E-state index in [1.54, 1.807) is 13.4 Å². The van der Waals surface area contributed by atoms with Crippen molar-refractivity contribution in [1.82, 2.24) is 19.7 Å². The standard InChI is InChI=1S/C22H24ClN5O2S/c1-16-3-4-18(13-20(16)23)28-15-24-25-22(28)31-14-21(29)27-11-9-26(10-12-27)17-5-7-19(30-2)8-6-17/h3-8,13,15H,9-12,14H2,1-2H3. The highest BCUT2D eigenvalue weighted by Gasteiger charge is 2.22. The van der Waals surface area contributed by atoms with Crippen LogP contribution in [-0.4, -0.2) is 64.6 Å². The second-order valence-electron chi connectivity index (χ2n) is 7.27. The fourth-order valence-electron chi connectivity index (χ4n) is 3.46. The number of amides is 1. The molecule has 2 heterocycles. The molecule has 1 aliphatic heterocycles. The number of thioether (sulfide) groups is 1. The minimum atomic E-state index is 0.107. The summed E-state index contributed by atoms with van der Waals surface area (Å²) in [5.41, 5.74) is 3.03. The van der Waals surface area contributed by atoms with E-state index in [9.17, 15) is 4.79 Å². The monoisotopic (exact) mass is 457 g/mol. The van der Waals surface area contributed by atoms with Crippen LogP contribution in [0.4, 0.5) is 5.69 Å². The molecule has 1 amide bonds. The highest BCUT2D eigenvalue weighted by molar-refractivity contribution is 7.99. The molecule has 0 atom stereocenters. The first-order chi connectivity index (χ1) is 15.0. The van der Waals surface area contributed by atoms with Gasteiger partial charge in [0.1, 0.15) is 12.1 Å². The number of anilines is 1. The van der Waals surface area contributed by atoms with E-state index in [0.29, 0.717) is 29.0 Å². The molecule has 0 spiro atoms. The van der Waals surface area contributed by atoms with Crippen LogP contribution in [0, 0.1) is 6.92 Å². The van der Waals surface area contributed by atoms with Gasteiger partial charge in [-0.1, -0.05) is 29.4 Å². The van der Waals surface area contributed by atoms with Gasteiger partial charge in [-0.15, -0.1) is 10.2 Å². The Hall–Kier alpha value is -2.71. The van der Waals surface area contributed by atoms with Gasteiger partial charge in [-0.25, -0.2) is 0 Å². The molecule has 31 heavy (non-hydrogen) atoms. The van der Waals surface area contributed by atoms with Crippen molar-refractivity contribution >= 4 is 35.0 Å². The summed E-state index contributed by atoms with van der Waals surface area (Å²) >= 11 is 7.64. The van der Waals surface area contributed by atoms with E-state index in [2.05, 4.69) is 27.2 Å². The Bertz CT molecular complexity index is 1050. The first-order valence-electron chi connectivity index (χ1n) is 10.0. The Labute approximate surface area is 191 Å². The normalized spacial score (nSPS) is 14.0. The molecule has 0 unspecified atom stereocenters. The lowest BCUT2D eigenvalue weighted by Crippen LogP contribution is -2.49. The van der Waals surface area contributed by atoms with Gasteiger partial charge in [0.25, 0.3) is 0 Å². The first-order valence-corrected chi connectivity index (χ1v) is 11.4. The maximum absolute atomic E-state index is 12.8. The summed E-state index contributed by atoms with van der Waals surface area (Å²) < 4.78 is 7.07. The molecule has 0 aliphatic carbocycles. The number of hydrogen-bond donors (Lipinski definition) is 0. The maximum Gasteiger partial charge on any atom is 0.233 e. The summed E-state index contributed by atoms with van der Waals surface area (Å²) in [4.78, 5) is 17.0. The molecule has 0 radical (unpaired) electrons. The number of aryl methyl sites for hydroxylation is 1. The Kier molecular flexibility index (Phi) is 6.67. The molecule has 0 bridgehead atoms. The van der Waals surface area contributed by atoms with Crippen molar-refractivity contribution in [2.45, 2.75) is 12.1 Å². The van der Waals surface area contributed by atoms with Gasteiger partial charge in [-0.2, -0.15) is 0 Å². The average Bonchev–Trinajstić information content (AvgIpc) is 3.28. The van der Waals surface area contributed by atoms with Gasteiger partial charge in [0.2, 0.25) is 5.91 Å². The topological polar surface area (TPSA) is 63.5 Å². The number of piperazine rings is 1. The molecule has 1 fully saturated rings. The van der Waals surface area contributed by atoms with Crippen LogP contribution in [0.1, 0.15) is 5.56 Å². The third-order valence-electron chi connectivity index (χ3n) is 5.34. The molecule has 3 aromatic rings. The minimum absolute atomic E-state index is 0.107. The Morgan fingerprint density at radius 1 is 1.10 bits per heavy atom. The summed E-state index contributed by atoms with van der Waals surface area (Å²) in [5.74, 6) is 1.27. The number of carbonyl (C=O) groups is 1. The van der Waals surface area contributed by atoms with E-state index in [-0.39, 0.29) is 5.91 Å². The van der Waals surface area contributed by atoms with Crippen LogP contribution >= 0.6 is 23.4 Å². The molecule has 1 saturated heterocycles. The highest BCUT2D eigenvalue weighted by Crippen LogP contribution is 2.25. The van der Waals surface area contributed by atoms with Crippen molar-refractivity contribution in [3.63, 3.8) is 0 Å². The van der Waals surface area contributed by atoms with Crippen LogP contribution in [0.5, 0.6) is 5.75 Å². The van der Waals surface area contributed by atoms with Gasteiger partial charge >= 0.3 is 0 Å². The van der Waals surface area contributed by atoms with E-state index < -0.39 is 0 Å². The SMILES string of the molecule is COc1ccc(N2CCN(C(=O)CSc3nncn3-c3ccc(C)c(Cl)c3)CC2)cc1. The fraction of sp³-hybridized carbons (Fsp3) is 0.318. The zero-order chi connectivity index (χ0) is 21.8. The summed E-state index contributed by atoms with van der Waals surface area (Å²) in [6.07, 6.45) is 1.64. The van der Waals surface area contributed by atoms with Crippen molar-refractivity contribution in [3.05, 3.63) is 59.4 Å². The van der Waals surface area contributed by atoms with Crippen LogP contribution in [0.2, 0.25) is 5.02 Å². The van der Waals surface area contributed by atoms with Gasteiger partial charge in [-0.05, 0) is 48.9 Å². The summed E-state index contributed by atoms with van der Waals surface area (Å²) in [5, 5.41) is 9.54. The van der Waals surface area contributed by atoms with E-state index >= 15 is 0 Å². The highest BCUT2D eigenvalue weighted by atomic mass is 35.5. The van der Waals surface area contributed by atoms with Gasteiger partial charge in [0.15, 0.2) is 5.16 Å². The molecule has 1 aromatic heterocycles. The predicted molar refractivity (Wildman–Crippen MR) is 124 cm³/mol. The molecule has 0 saturated carbocycles. The molecule has 4 rings (SSSR count). The number of ether oxygens (including phenoxy) is 1. The van der Waals surface area contributed by atoms with Crippen molar-refractivity contribution in [3.8, 4) is 11.4 Å². The zero-order valence-electron chi connectivity index (χ0n) is 17.5. The third kappa shape index (κ3) is 4.97. The number of benzene rings is 2. The number of carbonyl (C=O) groups excluding carboxylic acids is 1. The van der Waals surface area contributed by atoms with Crippen LogP contribution in [-0.2, 0) is 4.79 Å². The number of halogens is 1. The lowest BCUT2D eigenvalue weighted by atomic mass is 10.2. The van der Waals surface area contributed by atoms with Crippen molar-refractivity contribution in [1.29, 1.82) is 0 Å². The van der Waals surface area contributed by atoms with Crippen molar-refractivity contribution < 1.29 is 9.53 Å². The predicted octanol–water partition coefficient (Wildman–Crippen LogP) is 3.68. The summed E-state index contributed by atoms with van der Waals surface area (Å²) in [7, 11) is 1.66. The molecular formula is C22H24ClN5O2S. The van der Waals surface area contributed by atoms with E-state index in [4.69, 9.17) is 16.3 Å². The van der Waals surface area contributed by atoms with Crippen molar-refractivity contribution in [2.24, 2.45) is 0 Å². The number of methoxy groups -OCH3 is 1.